The van der Waals surface area contributed by atoms with Gasteiger partial charge in [0, 0.05) is 24.8 Å². The van der Waals surface area contributed by atoms with Gasteiger partial charge in [-0.1, -0.05) is 23.7 Å². The average molecular weight is 487 g/mol. The molecule has 9 nitrogen and oxygen atoms in total. The van der Waals surface area contributed by atoms with E-state index in [0.29, 0.717) is 17.7 Å². The monoisotopic (exact) mass is 486 g/mol. The van der Waals surface area contributed by atoms with Crippen LogP contribution in [0.4, 0.5) is 28.8 Å². The van der Waals surface area contributed by atoms with Crippen molar-refractivity contribution >= 4 is 56.4 Å². The molecule has 11 heteroatoms. The molecule has 0 saturated carbocycles. The molecule has 2 heterocycles. The Morgan fingerprint density at radius 1 is 1.15 bits per heavy atom. The number of anilines is 5. The van der Waals surface area contributed by atoms with Crippen LogP contribution < -0.4 is 20.7 Å². The molecule has 4 rings (SSSR count). The molecule has 0 atom stereocenters. The zero-order valence-electron chi connectivity index (χ0n) is 18.1. The zero-order valence-corrected chi connectivity index (χ0v) is 19.7. The summed E-state index contributed by atoms with van der Waals surface area (Å²) in [6, 6.07) is 10.5. The second kappa shape index (κ2) is 8.97. The first-order valence-corrected chi connectivity index (χ1v) is 12.1. The number of nitrogens with one attached hydrogen (secondary N) is 2. The van der Waals surface area contributed by atoms with Gasteiger partial charge >= 0.3 is 0 Å². The van der Waals surface area contributed by atoms with Crippen LogP contribution in [0.2, 0.25) is 5.02 Å². The second-order valence-electron chi connectivity index (χ2n) is 7.78. The fraction of sp³-hybridized carbons (Fsp3) is 0.227. The molecule has 0 bridgehead atoms. The van der Waals surface area contributed by atoms with Crippen LogP contribution in [0.25, 0.3) is 0 Å². The standard InChI is InChI=1S/C22H23ClN6O3S/c1-13-5-3-7-18(33(24,31)32)20(13)27-21-16(23)12-25-22(28-21)26-15-9-10-17-14(11-15)6-4-8-19(30)29(17)2/h3,5,7,9-12H,4,6,8H2,1-2H3,(H2,24,31,32)(H2,25,26,27,28). The number of halogens is 1. The third-order valence-corrected chi connectivity index (χ3v) is 6.67. The number of hydrogen-bond donors (Lipinski definition) is 3. The van der Waals surface area contributed by atoms with Crippen LogP contribution in [0, 0.1) is 6.92 Å². The second-order valence-corrected chi connectivity index (χ2v) is 9.72. The molecule has 1 amide bonds. The van der Waals surface area contributed by atoms with E-state index in [4.69, 9.17) is 16.7 Å². The van der Waals surface area contributed by atoms with Gasteiger partial charge in [-0.05, 0) is 55.2 Å². The molecule has 1 aliphatic heterocycles. The van der Waals surface area contributed by atoms with Crippen LogP contribution in [-0.4, -0.2) is 31.3 Å². The van der Waals surface area contributed by atoms with Crippen LogP contribution in [0.15, 0.2) is 47.5 Å². The maximum Gasteiger partial charge on any atom is 0.240 e. The van der Waals surface area contributed by atoms with E-state index in [2.05, 4.69) is 20.6 Å². The molecule has 0 unspecified atom stereocenters. The van der Waals surface area contributed by atoms with Gasteiger partial charge in [0.05, 0.1) is 11.9 Å². The summed E-state index contributed by atoms with van der Waals surface area (Å²) in [5, 5.41) is 11.7. The number of para-hydroxylation sites is 1. The van der Waals surface area contributed by atoms with Crippen LogP contribution in [0.3, 0.4) is 0 Å². The van der Waals surface area contributed by atoms with E-state index in [1.54, 1.807) is 31.0 Å². The zero-order chi connectivity index (χ0) is 23.8. The Morgan fingerprint density at radius 2 is 1.94 bits per heavy atom. The first-order chi connectivity index (χ1) is 15.6. The number of amides is 1. The van der Waals surface area contributed by atoms with Gasteiger partial charge in [-0.25, -0.2) is 18.5 Å². The molecule has 1 aromatic heterocycles. The Morgan fingerprint density at radius 3 is 2.70 bits per heavy atom. The molecule has 0 spiro atoms. The first-order valence-electron chi connectivity index (χ1n) is 10.2. The summed E-state index contributed by atoms with van der Waals surface area (Å²) in [7, 11) is -2.18. The van der Waals surface area contributed by atoms with Gasteiger partial charge < -0.3 is 15.5 Å². The summed E-state index contributed by atoms with van der Waals surface area (Å²) in [6.07, 6.45) is 3.51. The number of aryl methyl sites for hydroxylation is 2. The minimum atomic E-state index is -3.96. The Labute approximate surface area is 197 Å². The van der Waals surface area contributed by atoms with E-state index in [9.17, 15) is 13.2 Å². The number of primary sulfonamides is 1. The number of sulfonamides is 1. The smallest absolute Gasteiger partial charge is 0.240 e. The molecule has 0 fully saturated rings. The van der Waals surface area contributed by atoms with E-state index < -0.39 is 10.0 Å². The van der Waals surface area contributed by atoms with E-state index in [-0.39, 0.29) is 27.6 Å². The van der Waals surface area contributed by atoms with E-state index >= 15 is 0 Å². The highest BCUT2D eigenvalue weighted by atomic mass is 35.5. The number of rotatable bonds is 5. The molecular formula is C22H23ClN6O3S. The maximum atomic E-state index is 12.1. The topological polar surface area (TPSA) is 130 Å². The minimum absolute atomic E-state index is 0.0592. The van der Waals surface area contributed by atoms with Crippen molar-refractivity contribution in [3.63, 3.8) is 0 Å². The van der Waals surface area contributed by atoms with E-state index in [0.717, 1.165) is 29.8 Å². The molecule has 172 valence electrons. The molecular weight excluding hydrogens is 464 g/mol. The highest BCUT2D eigenvalue weighted by Gasteiger charge is 2.20. The predicted molar refractivity (Wildman–Crippen MR) is 129 cm³/mol. The molecule has 0 saturated heterocycles. The van der Waals surface area contributed by atoms with Crippen molar-refractivity contribution in [1.82, 2.24) is 9.97 Å². The van der Waals surface area contributed by atoms with Crippen LogP contribution in [-0.2, 0) is 21.2 Å². The fourth-order valence-electron chi connectivity index (χ4n) is 3.72. The number of hydrogen-bond acceptors (Lipinski definition) is 7. The van der Waals surface area contributed by atoms with Gasteiger partial charge in [-0.15, -0.1) is 0 Å². The number of nitrogens with zero attached hydrogens (tertiary/aromatic N) is 3. The summed E-state index contributed by atoms with van der Waals surface area (Å²) in [5.41, 5.74) is 3.65. The molecule has 33 heavy (non-hydrogen) atoms. The summed E-state index contributed by atoms with van der Waals surface area (Å²) < 4.78 is 24.0. The summed E-state index contributed by atoms with van der Waals surface area (Å²) in [6.45, 7) is 1.75. The van der Waals surface area contributed by atoms with Crippen molar-refractivity contribution in [2.75, 3.05) is 22.6 Å². The Kier molecular flexibility index (Phi) is 6.24. The van der Waals surface area contributed by atoms with Crippen molar-refractivity contribution in [3.8, 4) is 0 Å². The first kappa shape index (κ1) is 23.0. The molecule has 4 N–H and O–H groups in total. The average Bonchev–Trinajstić information content (AvgIpc) is 2.89. The third kappa shape index (κ3) is 4.92. The van der Waals surface area contributed by atoms with Crippen molar-refractivity contribution < 1.29 is 13.2 Å². The van der Waals surface area contributed by atoms with Crippen LogP contribution >= 0.6 is 11.6 Å². The normalized spacial score (nSPS) is 13.9. The van der Waals surface area contributed by atoms with Crippen molar-refractivity contribution in [2.24, 2.45) is 5.14 Å². The van der Waals surface area contributed by atoms with Crippen LogP contribution in [0.5, 0.6) is 0 Å². The predicted octanol–water partition coefficient (Wildman–Crippen LogP) is 3.87. The van der Waals surface area contributed by atoms with Crippen LogP contribution in [0.1, 0.15) is 24.0 Å². The van der Waals surface area contributed by atoms with Gasteiger partial charge in [0.2, 0.25) is 21.9 Å². The quantitative estimate of drug-likeness (QED) is 0.498. The minimum Gasteiger partial charge on any atom is -0.337 e. The number of aromatic nitrogens is 2. The summed E-state index contributed by atoms with van der Waals surface area (Å²) in [4.78, 5) is 22.4. The van der Waals surface area contributed by atoms with Crippen molar-refractivity contribution in [3.05, 3.63) is 58.7 Å². The van der Waals surface area contributed by atoms with Crippen molar-refractivity contribution in [1.29, 1.82) is 0 Å². The van der Waals surface area contributed by atoms with Gasteiger partial charge in [0.25, 0.3) is 0 Å². The highest BCUT2D eigenvalue weighted by Crippen LogP contribution is 2.32. The molecule has 0 aliphatic carbocycles. The number of fused-ring (bicyclic) bond motifs is 1. The lowest BCUT2D eigenvalue weighted by molar-refractivity contribution is -0.118. The Balaban J connectivity index is 1.64. The fourth-order valence-corrected chi connectivity index (χ4v) is 4.63. The number of nitrogens with two attached hydrogens (primary N) is 1. The Hall–Kier alpha value is -3.21. The van der Waals surface area contributed by atoms with E-state index in [1.807, 2.05) is 18.2 Å². The number of benzene rings is 2. The lowest BCUT2D eigenvalue weighted by Crippen LogP contribution is -2.24. The largest absolute Gasteiger partial charge is 0.337 e. The van der Waals surface area contributed by atoms with Gasteiger partial charge in [0.1, 0.15) is 9.92 Å². The summed E-state index contributed by atoms with van der Waals surface area (Å²) in [5.74, 6) is 0.598. The number of carbonyl (C=O) groups is 1. The van der Waals surface area contributed by atoms with Gasteiger partial charge in [-0.2, -0.15) is 4.98 Å². The highest BCUT2D eigenvalue weighted by molar-refractivity contribution is 7.89. The van der Waals surface area contributed by atoms with E-state index in [1.165, 1.54) is 12.3 Å². The third-order valence-electron chi connectivity index (χ3n) is 5.44. The van der Waals surface area contributed by atoms with Crippen molar-refractivity contribution in [2.45, 2.75) is 31.1 Å². The van der Waals surface area contributed by atoms with Gasteiger partial charge in [-0.3, -0.25) is 4.79 Å². The molecule has 1 aliphatic rings. The maximum absolute atomic E-state index is 12.1. The Bertz CT molecular complexity index is 1350. The molecule has 3 aromatic rings. The summed E-state index contributed by atoms with van der Waals surface area (Å²) >= 11 is 6.28. The van der Waals surface area contributed by atoms with Gasteiger partial charge in [0.15, 0.2) is 5.82 Å². The molecule has 2 aromatic carbocycles. The lowest BCUT2D eigenvalue weighted by atomic mass is 10.1. The SMILES string of the molecule is Cc1cccc(S(N)(=O)=O)c1Nc1nc(Nc2ccc3c(c2)CCCC(=O)N3C)ncc1Cl. The molecule has 0 radical (unpaired) electrons. The lowest BCUT2D eigenvalue weighted by Gasteiger charge is -2.18. The number of carbonyl (C=O) groups excluding carboxylic acids is 1.